The lowest BCUT2D eigenvalue weighted by molar-refractivity contribution is -0.343. The molecule has 0 unspecified atom stereocenters. The average Bonchev–Trinajstić information content (AvgIpc) is 2.35. The number of carbonyl (C=O) groups is 2. The molecule has 0 aliphatic carbocycles. The van der Waals surface area contributed by atoms with Crippen molar-refractivity contribution in [1.82, 2.24) is 0 Å². The zero-order valence-corrected chi connectivity index (χ0v) is 11.6. The maximum Gasteiger partial charge on any atom is 0.460 e. The first-order valence-corrected chi connectivity index (χ1v) is 6.06. The maximum atomic E-state index is 13.1. The van der Waals surface area contributed by atoms with Crippen LogP contribution < -0.4 is 0 Å². The topological polar surface area (TPSA) is 34.1 Å². The number of carbonyl (C=O) groups excluding carboxylic acids is 2. The van der Waals surface area contributed by atoms with Crippen LogP contribution in [0.25, 0.3) is 0 Å². The molecule has 0 saturated carbocycles. The van der Waals surface area contributed by atoms with Crippen molar-refractivity contribution < 1.29 is 40.3 Å². The summed E-state index contributed by atoms with van der Waals surface area (Å²) in [5.41, 5.74) is -1.22. The van der Waals surface area contributed by atoms with Crippen LogP contribution in [-0.4, -0.2) is 29.6 Å². The maximum absolute atomic E-state index is 13.1. The van der Waals surface area contributed by atoms with Gasteiger partial charge in [-0.15, -0.1) is 0 Å². The van der Waals surface area contributed by atoms with Gasteiger partial charge in [0.2, 0.25) is 5.78 Å². The molecule has 0 aromatic carbocycles. The van der Waals surface area contributed by atoms with Crippen LogP contribution >= 0.6 is 0 Å². The Kier molecular flexibility index (Phi) is 5.60. The fourth-order valence-corrected chi connectivity index (χ4v) is 1.47. The molecule has 0 rings (SSSR count). The van der Waals surface area contributed by atoms with Gasteiger partial charge in [0.05, 0.1) is 6.42 Å². The van der Waals surface area contributed by atoms with Gasteiger partial charge in [0.15, 0.2) is 0 Å². The van der Waals surface area contributed by atoms with E-state index in [0.29, 0.717) is 0 Å². The van der Waals surface area contributed by atoms with E-state index in [2.05, 4.69) is 0 Å². The predicted octanol–water partition coefficient (Wildman–Crippen LogP) is 4.17. The SMILES string of the molecule is CCC(C)(CC)C(=O)CC(=O)C(F)(F)C(F)(F)C(F)(F)F. The Morgan fingerprint density at radius 2 is 1.19 bits per heavy atom. The second-order valence-corrected chi connectivity index (χ2v) is 4.94. The minimum atomic E-state index is -6.59. The number of hydrogen-bond acceptors (Lipinski definition) is 2. The quantitative estimate of drug-likeness (QED) is 0.520. The minimum absolute atomic E-state index is 0.136. The molecule has 0 N–H and O–H groups in total. The molecule has 0 bridgehead atoms. The van der Waals surface area contributed by atoms with Crippen LogP contribution in [0.2, 0.25) is 0 Å². The van der Waals surface area contributed by atoms with Crippen LogP contribution in [-0.2, 0) is 9.59 Å². The van der Waals surface area contributed by atoms with Gasteiger partial charge in [0, 0.05) is 5.41 Å². The molecule has 0 atom stereocenters. The minimum Gasteiger partial charge on any atom is -0.299 e. The van der Waals surface area contributed by atoms with E-state index in [-0.39, 0.29) is 12.8 Å². The highest BCUT2D eigenvalue weighted by atomic mass is 19.4. The normalized spacial score (nSPS) is 14.2. The number of ketones is 2. The van der Waals surface area contributed by atoms with Gasteiger partial charge >= 0.3 is 18.0 Å². The standard InChI is InChI=1S/C12H15F7O2/c1-4-9(3,5-2)7(20)6-8(21)10(13,14)11(15,16)12(17,18)19/h4-6H2,1-3H3. The van der Waals surface area contributed by atoms with Crippen molar-refractivity contribution in [3.8, 4) is 0 Å². The van der Waals surface area contributed by atoms with Gasteiger partial charge in [0.1, 0.15) is 5.78 Å². The highest BCUT2D eigenvalue weighted by Gasteiger charge is 2.75. The van der Waals surface area contributed by atoms with Gasteiger partial charge in [-0.3, -0.25) is 9.59 Å². The Morgan fingerprint density at radius 1 is 0.810 bits per heavy atom. The molecular formula is C12H15F7O2. The molecule has 0 saturated heterocycles. The first-order chi connectivity index (χ1) is 9.17. The Labute approximate surface area is 116 Å². The summed E-state index contributed by atoms with van der Waals surface area (Å²) in [4.78, 5) is 22.8. The molecule has 0 aliphatic rings. The molecule has 0 fully saturated rings. The Balaban J connectivity index is 5.33. The van der Waals surface area contributed by atoms with Gasteiger partial charge in [-0.05, 0) is 12.8 Å². The van der Waals surface area contributed by atoms with Crippen molar-refractivity contribution in [2.75, 3.05) is 0 Å². The van der Waals surface area contributed by atoms with Crippen molar-refractivity contribution in [2.45, 2.75) is 58.1 Å². The van der Waals surface area contributed by atoms with E-state index in [1.165, 1.54) is 20.8 Å². The lowest BCUT2D eigenvalue weighted by Crippen LogP contribution is -2.56. The monoisotopic (exact) mass is 324 g/mol. The summed E-state index contributed by atoms with van der Waals surface area (Å²) in [7, 11) is 0. The van der Waals surface area contributed by atoms with Crippen molar-refractivity contribution in [1.29, 1.82) is 0 Å². The number of rotatable bonds is 7. The van der Waals surface area contributed by atoms with Crippen LogP contribution in [0.15, 0.2) is 0 Å². The first-order valence-electron chi connectivity index (χ1n) is 6.06. The van der Waals surface area contributed by atoms with Gasteiger partial charge in [-0.25, -0.2) is 0 Å². The molecule has 0 spiro atoms. The third kappa shape index (κ3) is 3.55. The summed E-state index contributed by atoms with van der Waals surface area (Å²) in [6.07, 6.45) is -7.99. The van der Waals surface area contributed by atoms with E-state index >= 15 is 0 Å². The summed E-state index contributed by atoms with van der Waals surface area (Å²) in [6.45, 7) is 4.34. The van der Waals surface area contributed by atoms with E-state index in [1.807, 2.05) is 0 Å². The zero-order chi connectivity index (χ0) is 17.3. The average molecular weight is 324 g/mol. The third-order valence-electron chi connectivity index (χ3n) is 3.66. The summed E-state index contributed by atoms with van der Waals surface area (Å²) < 4.78 is 87.3. The van der Waals surface area contributed by atoms with Crippen LogP contribution in [0.5, 0.6) is 0 Å². The largest absolute Gasteiger partial charge is 0.460 e. The summed E-state index contributed by atoms with van der Waals surface area (Å²) >= 11 is 0. The van der Waals surface area contributed by atoms with Gasteiger partial charge in [-0.1, -0.05) is 20.8 Å². The lowest BCUT2D eigenvalue weighted by atomic mass is 9.78. The molecule has 0 amide bonds. The number of Topliss-reactive ketones (excluding diaryl/α,β-unsaturated/α-hetero) is 2. The molecule has 0 heterocycles. The second-order valence-electron chi connectivity index (χ2n) is 4.94. The Bertz CT molecular complexity index is 408. The molecule has 2 nitrogen and oxygen atoms in total. The van der Waals surface area contributed by atoms with E-state index in [0.717, 1.165) is 0 Å². The highest BCUT2D eigenvalue weighted by molar-refractivity contribution is 6.04. The number of alkyl halides is 7. The van der Waals surface area contributed by atoms with Crippen molar-refractivity contribution >= 4 is 11.6 Å². The summed E-state index contributed by atoms with van der Waals surface area (Å²) in [6, 6.07) is 0. The van der Waals surface area contributed by atoms with Gasteiger partial charge in [0.25, 0.3) is 0 Å². The van der Waals surface area contributed by atoms with Gasteiger partial charge < -0.3 is 0 Å². The van der Waals surface area contributed by atoms with E-state index in [1.54, 1.807) is 0 Å². The number of halogens is 7. The molecule has 0 aromatic heterocycles. The molecule has 21 heavy (non-hydrogen) atoms. The summed E-state index contributed by atoms with van der Waals surface area (Å²) in [5, 5.41) is 0. The predicted molar refractivity (Wildman–Crippen MR) is 59.3 cm³/mol. The van der Waals surface area contributed by atoms with E-state index in [4.69, 9.17) is 0 Å². The zero-order valence-electron chi connectivity index (χ0n) is 11.6. The summed E-state index contributed by atoms with van der Waals surface area (Å²) in [5.74, 6) is -16.3. The lowest BCUT2D eigenvalue weighted by Gasteiger charge is -2.29. The van der Waals surface area contributed by atoms with E-state index in [9.17, 15) is 40.3 Å². The molecule has 0 aliphatic heterocycles. The highest BCUT2D eigenvalue weighted by Crippen LogP contribution is 2.47. The fraction of sp³-hybridized carbons (Fsp3) is 0.833. The van der Waals surface area contributed by atoms with Crippen LogP contribution in [0.1, 0.15) is 40.0 Å². The first kappa shape index (κ1) is 19.9. The van der Waals surface area contributed by atoms with Gasteiger partial charge in [-0.2, -0.15) is 30.7 Å². The third-order valence-corrected chi connectivity index (χ3v) is 3.66. The van der Waals surface area contributed by atoms with E-state index < -0.39 is 41.4 Å². The van der Waals surface area contributed by atoms with Crippen molar-refractivity contribution in [2.24, 2.45) is 5.41 Å². The fourth-order valence-electron chi connectivity index (χ4n) is 1.47. The molecule has 0 aromatic rings. The Morgan fingerprint density at radius 3 is 1.48 bits per heavy atom. The second kappa shape index (κ2) is 5.92. The van der Waals surface area contributed by atoms with Crippen LogP contribution in [0.3, 0.4) is 0 Å². The van der Waals surface area contributed by atoms with Crippen LogP contribution in [0.4, 0.5) is 30.7 Å². The molecule has 124 valence electrons. The van der Waals surface area contributed by atoms with Crippen molar-refractivity contribution in [3.05, 3.63) is 0 Å². The molecule has 9 heteroatoms. The number of hydrogen-bond donors (Lipinski definition) is 0. The Hall–Kier alpha value is -1.15. The molecular weight excluding hydrogens is 309 g/mol. The smallest absolute Gasteiger partial charge is 0.299 e. The van der Waals surface area contributed by atoms with Crippen molar-refractivity contribution in [3.63, 3.8) is 0 Å². The molecule has 0 radical (unpaired) electrons. The van der Waals surface area contributed by atoms with Crippen LogP contribution in [0, 0.1) is 5.41 Å².